The number of halogens is 1. The van der Waals surface area contributed by atoms with E-state index in [2.05, 4.69) is 0 Å². The summed E-state index contributed by atoms with van der Waals surface area (Å²) in [5.41, 5.74) is -0.0122. The van der Waals surface area contributed by atoms with Gasteiger partial charge in [-0.3, -0.25) is 10.1 Å². The van der Waals surface area contributed by atoms with Crippen molar-refractivity contribution in [3.8, 4) is 6.07 Å². The first-order valence-corrected chi connectivity index (χ1v) is 4.37. The number of nitro groups is 1. The average molecular weight is 213 g/mol. The van der Waals surface area contributed by atoms with Crippen molar-refractivity contribution < 1.29 is 4.92 Å². The number of hydrogen-bond donors (Lipinski definition) is 0. The number of benzene rings is 1. The van der Waals surface area contributed by atoms with Crippen LogP contribution in [0.25, 0.3) is 0 Å². The summed E-state index contributed by atoms with van der Waals surface area (Å²) in [5, 5.41) is 18.9. The first kappa shape index (κ1) is 12.4. The predicted molar refractivity (Wildman–Crippen MR) is 54.2 cm³/mol. The van der Waals surface area contributed by atoms with Gasteiger partial charge in [0.2, 0.25) is 0 Å². The highest BCUT2D eigenvalue weighted by atomic mass is 35.5. The molecule has 0 aromatic heterocycles. The lowest BCUT2D eigenvalue weighted by Gasteiger charge is -1.93. The molecule has 0 saturated heterocycles. The van der Waals surface area contributed by atoms with E-state index in [1.165, 1.54) is 12.1 Å². The summed E-state index contributed by atoms with van der Waals surface area (Å²) < 4.78 is 0. The van der Waals surface area contributed by atoms with Crippen LogP contribution in [-0.2, 0) is 0 Å². The molecule has 4 nitrogen and oxygen atoms in total. The number of non-ortho nitro benzene ring substituents is 1. The van der Waals surface area contributed by atoms with Crippen LogP contribution in [0.5, 0.6) is 0 Å². The second-order valence-corrected chi connectivity index (χ2v) is 2.44. The van der Waals surface area contributed by atoms with Gasteiger partial charge >= 0.3 is 0 Å². The summed E-state index contributed by atoms with van der Waals surface area (Å²) >= 11 is 5.56. The zero-order valence-corrected chi connectivity index (χ0v) is 8.58. The summed E-state index contributed by atoms with van der Waals surface area (Å²) in [6.45, 7) is 4.00. The predicted octanol–water partition coefficient (Wildman–Crippen LogP) is 3.15. The molecule has 74 valence electrons. The van der Waals surface area contributed by atoms with Gasteiger partial charge in [0.05, 0.1) is 15.5 Å². The molecule has 1 rings (SSSR count). The van der Waals surface area contributed by atoms with Crippen molar-refractivity contribution in [2.45, 2.75) is 13.8 Å². The van der Waals surface area contributed by atoms with Crippen LogP contribution < -0.4 is 0 Å². The van der Waals surface area contributed by atoms with E-state index < -0.39 is 4.92 Å². The smallest absolute Gasteiger partial charge is 0.258 e. The third-order valence-electron chi connectivity index (χ3n) is 1.28. The molecule has 0 fully saturated rings. The number of nitro benzene ring substituents is 1. The molecule has 0 aliphatic heterocycles. The van der Waals surface area contributed by atoms with Crippen LogP contribution in [0.2, 0.25) is 5.02 Å². The van der Waals surface area contributed by atoms with E-state index in [1.807, 2.05) is 13.8 Å². The summed E-state index contributed by atoms with van der Waals surface area (Å²) in [4.78, 5) is 9.66. The van der Waals surface area contributed by atoms with Crippen LogP contribution >= 0.6 is 11.6 Å². The zero-order valence-electron chi connectivity index (χ0n) is 7.82. The van der Waals surface area contributed by atoms with Gasteiger partial charge in [0.15, 0.2) is 0 Å². The minimum absolute atomic E-state index is 0.117. The lowest BCUT2D eigenvalue weighted by atomic mass is 10.2. The quantitative estimate of drug-likeness (QED) is 0.531. The molecule has 0 heterocycles. The SMILES string of the molecule is CC.N#Cc1cc([N+](=O)[O-])ccc1Cl. The molecule has 1 aromatic carbocycles. The second kappa shape index (κ2) is 5.95. The van der Waals surface area contributed by atoms with Crippen molar-refractivity contribution in [1.82, 2.24) is 0 Å². The van der Waals surface area contributed by atoms with Crippen molar-refractivity contribution in [3.05, 3.63) is 38.9 Å². The topological polar surface area (TPSA) is 66.9 Å². The number of rotatable bonds is 1. The Labute approximate surface area is 86.9 Å². The molecule has 5 heteroatoms. The van der Waals surface area contributed by atoms with Crippen LogP contribution in [0.15, 0.2) is 18.2 Å². The van der Waals surface area contributed by atoms with E-state index in [0.29, 0.717) is 0 Å². The third-order valence-corrected chi connectivity index (χ3v) is 1.61. The maximum absolute atomic E-state index is 10.2. The van der Waals surface area contributed by atoms with Crippen LogP contribution in [0.4, 0.5) is 5.69 Å². The Morgan fingerprint density at radius 2 is 2.07 bits per heavy atom. The first-order valence-electron chi connectivity index (χ1n) is 3.99. The van der Waals surface area contributed by atoms with Crippen LogP contribution in [-0.4, -0.2) is 4.92 Å². The van der Waals surface area contributed by atoms with Crippen molar-refractivity contribution >= 4 is 17.3 Å². The van der Waals surface area contributed by atoms with Crippen LogP contribution in [0.1, 0.15) is 19.4 Å². The molecule has 14 heavy (non-hydrogen) atoms. The molecule has 0 aliphatic carbocycles. The van der Waals surface area contributed by atoms with Crippen molar-refractivity contribution in [2.24, 2.45) is 0 Å². The van der Waals surface area contributed by atoms with E-state index in [4.69, 9.17) is 16.9 Å². The summed E-state index contributed by atoms with van der Waals surface area (Å²) in [7, 11) is 0. The molecule has 0 radical (unpaired) electrons. The number of nitrogens with zero attached hydrogens (tertiary/aromatic N) is 2. The van der Waals surface area contributed by atoms with Gasteiger partial charge in [-0.05, 0) is 6.07 Å². The largest absolute Gasteiger partial charge is 0.270 e. The highest BCUT2D eigenvalue weighted by Crippen LogP contribution is 2.20. The molecule has 0 bridgehead atoms. The Kier molecular flexibility index (Phi) is 5.27. The Hall–Kier alpha value is -1.60. The Morgan fingerprint density at radius 3 is 2.50 bits per heavy atom. The van der Waals surface area contributed by atoms with Gasteiger partial charge < -0.3 is 0 Å². The molecule has 1 aromatic rings. The van der Waals surface area contributed by atoms with E-state index in [0.717, 1.165) is 6.07 Å². The minimum Gasteiger partial charge on any atom is -0.258 e. The monoisotopic (exact) mass is 212 g/mol. The van der Waals surface area contributed by atoms with E-state index in [-0.39, 0.29) is 16.3 Å². The molecule has 0 spiro atoms. The molecule has 0 amide bonds. The van der Waals surface area contributed by atoms with Gasteiger partial charge in [-0.2, -0.15) is 5.26 Å². The molecule has 0 saturated carbocycles. The highest BCUT2D eigenvalue weighted by molar-refractivity contribution is 6.31. The first-order chi connectivity index (χ1) is 6.65. The fourth-order valence-corrected chi connectivity index (χ4v) is 0.872. The summed E-state index contributed by atoms with van der Waals surface area (Å²) in [5.74, 6) is 0. The van der Waals surface area contributed by atoms with Gasteiger partial charge in [0, 0.05) is 12.1 Å². The van der Waals surface area contributed by atoms with E-state index in [9.17, 15) is 10.1 Å². The highest BCUT2D eigenvalue weighted by Gasteiger charge is 2.08. The van der Waals surface area contributed by atoms with E-state index >= 15 is 0 Å². The second-order valence-electron chi connectivity index (χ2n) is 2.03. The van der Waals surface area contributed by atoms with Gasteiger partial charge in [-0.25, -0.2) is 0 Å². The molecular formula is C9H9ClN2O2. The van der Waals surface area contributed by atoms with Crippen LogP contribution in [0, 0.1) is 21.4 Å². The van der Waals surface area contributed by atoms with Crippen molar-refractivity contribution in [1.29, 1.82) is 5.26 Å². The Bertz CT molecular complexity index is 372. The van der Waals surface area contributed by atoms with Crippen LogP contribution in [0.3, 0.4) is 0 Å². The molecule has 0 N–H and O–H groups in total. The number of nitriles is 1. The van der Waals surface area contributed by atoms with Crippen molar-refractivity contribution in [2.75, 3.05) is 0 Å². The van der Waals surface area contributed by atoms with Gasteiger partial charge in [0.25, 0.3) is 5.69 Å². The van der Waals surface area contributed by atoms with Gasteiger partial charge in [0.1, 0.15) is 6.07 Å². The maximum Gasteiger partial charge on any atom is 0.270 e. The minimum atomic E-state index is -0.572. The molecule has 0 aliphatic rings. The lowest BCUT2D eigenvalue weighted by Crippen LogP contribution is -1.88. The fraction of sp³-hybridized carbons (Fsp3) is 0.222. The molecule has 0 unspecified atom stereocenters. The summed E-state index contributed by atoms with van der Waals surface area (Å²) in [6.07, 6.45) is 0. The Balaban J connectivity index is 0.000000791. The molecule has 0 atom stereocenters. The van der Waals surface area contributed by atoms with Crippen molar-refractivity contribution in [3.63, 3.8) is 0 Å². The number of hydrogen-bond acceptors (Lipinski definition) is 3. The molecular weight excluding hydrogens is 204 g/mol. The van der Waals surface area contributed by atoms with E-state index in [1.54, 1.807) is 6.07 Å². The normalized spacial score (nSPS) is 8.14. The Morgan fingerprint density at radius 1 is 1.50 bits per heavy atom. The summed E-state index contributed by atoms with van der Waals surface area (Å²) in [6, 6.07) is 5.48. The van der Waals surface area contributed by atoms with Gasteiger partial charge in [-0.15, -0.1) is 0 Å². The van der Waals surface area contributed by atoms with Gasteiger partial charge in [-0.1, -0.05) is 25.4 Å². The lowest BCUT2D eigenvalue weighted by molar-refractivity contribution is -0.384. The third kappa shape index (κ3) is 3.04. The maximum atomic E-state index is 10.2. The zero-order chi connectivity index (χ0) is 11.1. The standard InChI is InChI=1S/C7H3ClN2O2.C2H6/c8-7-2-1-6(10(11)12)3-5(7)4-9;1-2/h1-3H;1-2H3. The average Bonchev–Trinajstić information content (AvgIpc) is 2.21. The fourth-order valence-electron chi connectivity index (χ4n) is 0.713.